The van der Waals surface area contributed by atoms with Crippen LogP contribution in [0.3, 0.4) is 0 Å². The number of anilines is 1. The van der Waals surface area contributed by atoms with E-state index in [1.807, 2.05) is 31.3 Å². The maximum atomic E-state index is 6.10. The Hall–Kier alpha value is -2.47. The molecule has 0 radical (unpaired) electrons. The number of hydrogen-bond acceptors (Lipinski definition) is 5. The molecule has 0 aliphatic carbocycles. The number of aromatic nitrogens is 3. The van der Waals surface area contributed by atoms with Crippen LogP contribution >= 0.6 is 11.6 Å². The second-order valence-electron chi connectivity index (χ2n) is 5.08. The molecule has 0 bridgehead atoms. The zero-order valence-electron chi connectivity index (χ0n) is 13.2. The maximum absolute atomic E-state index is 6.10. The summed E-state index contributed by atoms with van der Waals surface area (Å²) in [4.78, 5) is 6.29. The molecule has 0 N–H and O–H groups in total. The third-order valence-corrected chi connectivity index (χ3v) is 3.76. The summed E-state index contributed by atoms with van der Waals surface area (Å²) in [5, 5.41) is 4.73. The molecule has 2 heterocycles. The SMILES string of the molecule is COc1ccc(CN(C)c2cc(Cl)nc3ccnn23)cc1OC. The van der Waals surface area contributed by atoms with Crippen LogP contribution in [0.2, 0.25) is 5.15 Å². The number of methoxy groups -OCH3 is 2. The Morgan fingerprint density at radius 3 is 2.65 bits per heavy atom. The van der Waals surface area contributed by atoms with Gasteiger partial charge in [-0.15, -0.1) is 0 Å². The summed E-state index contributed by atoms with van der Waals surface area (Å²) in [5.41, 5.74) is 1.80. The second-order valence-corrected chi connectivity index (χ2v) is 5.47. The smallest absolute Gasteiger partial charge is 0.161 e. The molecule has 6 nitrogen and oxygen atoms in total. The summed E-state index contributed by atoms with van der Waals surface area (Å²) in [7, 11) is 5.22. The monoisotopic (exact) mass is 332 g/mol. The van der Waals surface area contributed by atoms with Crippen molar-refractivity contribution in [2.45, 2.75) is 6.54 Å². The van der Waals surface area contributed by atoms with Gasteiger partial charge in [0.2, 0.25) is 0 Å². The van der Waals surface area contributed by atoms with Gasteiger partial charge in [0.15, 0.2) is 17.1 Å². The van der Waals surface area contributed by atoms with Crippen LogP contribution in [0.25, 0.3) is 5.65 Å². The molecule has 2 aromatic heterocycles. The predicted octanol–water partition coefficient (Wildman–Crippen LogP) is 3.04. The highest BCUT2D eigenvalue weighted by Gasteiger charge is 2.12. The van der Waals surface area contributed by atoms with Gasteiger partial charge in [-0.3, -0.25) is 0 Å². The van der Waals surface area contributed by atoms with E-state index in [1.165, 1.54) is 0 Å². The minimum absolute atomic E-state index is 0.437. The van der Waals surface area contributed by atoms with Crippen molar-refractivity contribution in [2.24, 2.45) is 0 Å². The average molecular weight is 333 g/mol. The van der Waals surface area contributed by atoms with Crippen LogP contribution in [0, 0.1) is 0 Å². The molecule has 0 fully saturated rings. The number of hydrogen-bond donors (Lipinski definition) is 0. The lowest BCUT2D eigenvalue weighted by molar-refractivity contribution is 0.354. The van der Waals surface area contributed by atoms with Gasteiger partial charge in [-0.2, -0.15) is 9.61 Å². The van der Waals surface area contributed by atoms with E-state index in [1.54, 1.807) is 31.0 Å². The van der Waals surface area contributed by atoms with E-state index in [2.05, 4.69) is 15.0 Å². The van der Waals surface area contributed by atoms with Crippen molar-refractivity contribution in [1.82, 2.24) is 14.6 Å². The minimum Gasteiger partial charge on any atom is -0.493 e. The van der Waals surface area contributed by atoms with Gasteiger partial charge in [0.05, 0.1) is 20.4 Å². The fraction of sp³-hybridized carbons (Fsp3) is 0.250. The first-order valence-electron chi connectivity index (χ1n) is 7.04. The highest BCUT2D eigenvalue weighted by atomic mass is 35.5. The Bertz CT molecular complexity index is 834. The van der Waals surface area contributed by atoms with Gasteiger partial charge in [0.25, 0.3) is 0 Å². The van der Waals surface area contributed by atoms with Gasteiger partial charge < -0.3 is 14.4 Å². The number of halogens is 1. The summed E-state index contributed by atoms with van der Waals surface area (Å²) >= 11 is 6.10. The Balaban J connectivity index is 1.91. The number of ether oxygens (including phenoxy) is 2. The lowest BCUT2D eigenvalue weighted by Crippen LogP contribution is -2.20. The lowest BCUT2D eigenvalue weighted by atomic mass is 10.2. The fourth-order valence-electron chi connectivity index (χ4n) is 2.47. The number of benzene rings is 1. The van der Waals surface area contributed by atoms with Crippen molar-refractivity contribution in [1.29, 1.82) is 0 Å². The normalized spacial score (nSPS) is 10.8. The summed E-state index contributed by atoms with van der Waals surface area (Å²) in [6.07, 6.45) is 1.70. The first kappa shape index (κ1) is 15.4. The van der Waals surface area contributed by atoms with Crippen LogP contribution < -0.4 is 14.4 Å². The number of fused-ring (bicyclic) bond motifs is 1. The Labute approximate surface area is 139 Å². The quantitative estimate of drug-likeness (QED) is 0.672. The molecular weight excluding hydrogens is 316 g/mol. The third kappa shape index (κ3) is 3.03. The van der Waals surface area contributed by atoms with Gasteiger partial charge in [-0.1, -0.05) is 17.7 Å². The fourth-order valence-corrected chi connectivity index (χ4v) is 2.66. The van der Waals surface area contributed by atoms with Gasteiger partial charge in [0.1, 0.15) is 11.0 Å². The predicted molar refractivity (Wildman–Crippen MR) is 89.7 cm³/mol. The molecule has 0 atom stereocenters. The summed E-state index contributed by atoms with van der Waals surface area (Å²) < 4.78 is 12.4. The standard InChI is InChI=1S/C16H17ClN4O2/c1-20(10-11-4-5-12(22-2)13(8-11)23-3)16-9-14(17)19-15-6-7-18-21(15)16/h4-9H,10H2,1-3H3. The molecule has 23 heavy (non-hydrogen) atoms. The number of rotatable bonds is 5. The van der Waals surface area contributed by atoms with Gasteiger partial charge in [-0.25, -0.2) is 4.98 Å². The van der Waals surface area contributed by atoms with Crippen molar-refractivity contribution in [3.05, 3.63) is 47.2 Å². The van der Waals surface area contributed by atoms with Gasteiger partial charge >= 0.3 is 0 Å². The van der Waals surface area contributed by atoms with E-state index in [9.17, 15) is 0 Å². The van der Waals surface area contributed by atoms with Gasteiger partial charge in [-0.05, 0) is 17.7 Å². The topological polar surface area (TPSA) is 51.9 Å². The zero-order chi connectivity index (χ0) is 16.4. The van der Waals surface area contributed by atoms with Crippen molar-refractivity contribution in [3.8, 4) is 11.5 Å². The molecule has 0 amide bonds. The molecule has 0 unspecified atom stereocenters. The highest BCUT2D eigenvalue weighted by molar-refractivity contribution is 6.29. The molecule has 1 aromatic carbocycles. The van der Waals surface area contributed by atoms with E-state index in [-0.39, 0.29) is 0 Å². The molecule has 0 aliphatic heterocycles. The third-order valence-electron chi connectivity index (χ3n) is 3.57. The first-order valence-corrected chi connectivity index (χ1v) is 7.42. The Morgan fingerprint density at radius 2 is 1.91 bits per heavy atom. The first-order chi connectivity index (χ1) is 11.1. The molecule has 0 spiro atoms. The van der Waals surface area contributed by atoms with Crippen molar-refractivity contribution >= 4 is 23.1 Å². The van der Waals surface area contributed by atoms with Crippen LogP contribution in [-0.4, -0.2) is 35.9 Å². The Kier molecular flexibility index (Phi) is 4.25. The van der Waals surface area contributed by atoms with E-state index in [4.69, 9.17) is 21.1 Å². The van der Waals surface area contributed by atoms with E-state index in [0.717, 1.165) is 11.4 Å². The van der Waals surface area contributed by atoms with Crippen molar-refractivity contribution in [3.63, 3.8) is 0 Å². The molecule has 0 saturated heterocycles. The van der Waals surface area contributed by atoms with Crippen molar-refractivity contribution < 1.29 is 9.47 Å². The van der Waals surface area contributed by atoms with Crippen LogP contribution in [0.5, 0.6) is 11.5 Å². The van der Waals surface area contributed by atoms with E-state index >= 15 is 0 Å². The maximum Gasteiger partial charge on any atom is 0.161 e. The summed E-state index contributed by atoms with van der Waals surface area (Å²) in [5.74, 6) is 2.27. The molecule has 0 saturated carbocycles. The van der Waals surface area contributed by atoms with Crippen LogP contribution in [-0.2, 0) is 6.54 Å². The van der Waals surface area contributed by atoms with Crippen LogP contribution in [0.15, 0.2) is 36.5 Å². The van der Waals surface area contributed by atoms with Crippen molar-refractivity contribution in [2.75, 3.05) is 26.2 Å². The van der Waals surface area contributed by atoms with Gasteiger partial charge in [0, 0.05) is 25.7 Å². The molecular formula is C16H17ClN4O2. The molecule has 7 heteroatoms. The summed E-state index contributed by atoms with van der Waals surface area (Å²) in [6, 6.07) is 9.46. The molecule has 120 valence electrons. The molecule has 3 rings (SSSR count). The zero-order valence-corrected chi connectivity index (χ0v) is 13.9. The summed E-state index contributed by atoms with van der Waals surface area (Å²) in [6.45, 7) is 0.662. The van der Waals surface area contributed by atoms with E-state index in [0.29, 0.717) is 28.8 Å². The minimum atomic E-state index is 0.437. The Morgan fingerprint density at radius 1 is 1.13 bits per heavy atom. The van der Waals surface area contributed by atoms with Crippen LogP contribution in [0.1, 0.15) is 5.56 Å². The number of nitrogens with zero attached hydrogens (tertiary/aromatic N) is 4. The highest BCUT2D eigenvalue weighted by Crippen LogP contribution is 2.29. The average Bonchev–Trinajstić information content (AvgIpc) is 3.01. The molecule has 0 aliphatic rings. The molecule has 3 aromatic rings. The largest absolute Gasteiger partial charge is 0.493 e. The van der Waals surface area contributed by atoms with Crippen LogP contribution in [0.4, 0.5) is 5.82 Å². The van der Waals surface area contributed by atoms with E-state index < -0.39 is 0 Å². The second kappa shape index (κ2) is 6.34. The lowest BCUT2D eigenvalue weighted by Gasteiger charge is -2.21.